The Kier molecular flexibility index (Phi) is 2.07. The van der Waals surface area contributed by atoms with Gasteiger partial charge in [-0.05, 0) is 23.1 Å². The van der Waals surface area contributed by atoms with E-state index in [1.165, 1.54) is 5.56 Å². The monoisotopic (exact) mass is 207 g/mol. The molecule has 0 spiro atoms. The second-order valence-electron chi connectivity index (χ2n) is 4.62. The lowest BCUT2D eigenvalue weighted by atomic mass is 9.86. The van der Waals surface area contributed by atoms with E-state index in [0.717, 1.165) is 15.9 Å². The maximum Gasteiger partial charge on any atom is 0.0537 e. The van der Waals surface area contributed by atoms with Gasteiger partial charge in [-0.2, -0.15) is 0 Å². The number of aromatic amines is 1. The van der Waals surface area contributed by atoms with Crippen LogP contribution >= 0.6 is 11.6 Å². The van der Waals surface area contributed by atoms with Gasteiger partial charge in [0, 0.05) is 17.1 Å². The van der Waals surface area contributed by atoms with Gasteiger partial charge in [0.25, 0.3) is 0 Å². The van der Waals surface area contributed by atoms with E-state index in [1.807, 2.05) is 12.3 Å². The Hall–Kier alpha value is -0.950. The summed E-state index contributed by atoms with van der Waals surface area (Å²) in [7, 11) is 0. The van der Waals surface area contributed by atoms with Gasteiger partial charge in [-0.3, -0.25) is 0 Å². The zero-order chi connectivity index (χ0) is 10.3. The lowest BCUT2D eigenvalue weighted by Gasteiger charge is -2.20. The molecular formula is C12H14ClN. The van der Waals surface area contributed by atoms with E-state index in [9.17, 15) is 0 Å². The zero-order valence-electron chi connectivity index (χ0n) is 8.69. The molecule has 2 heteroatoms. The molecule has 2 rings (SSSR count). The average molecular weight is 208 g/mol. The van der Waals surface area contributed by atoms with Crippen molar-refractivity contribution in [2.24, 2.45) is 0 Å². The van der Waals surface area contributed by atoms with Crippen molar-refractivity contribution in [2.45, 2.75) is 26.2 Å². The molecule has 0 amide bonds. The van der Waals surface area contributed by atoms with Crippen molar-refractivity contribution >= 4 is 22.5 Å². The molecule has 0 fully saturated rings. The molecule has 1 aromatic heterocycles. The third-order valence-electron chi connectivity index (χ3n) is 2.48. The molecule has 14 heavy (non-hydrogen) atoms. The van der Waals surface area contributed by atoms with Crippen LogP contribution in [0.3, 0.4) is 0 Å². The van der Waals surface area contributed by atoms with Gasteiger partial charge in [0.1, 0.15) is 0 Å². The minimum absolute atomic E-state index is 0.0997. The van der Waals surface area contributed by atoms with Crippen molar-refractivity contribution < 1.29 is 0 Å². The third kappa shape index (κ3) is 1.42. The third-order valence-corrected chi connectivity index (χ3v) is 2.88. The van der Waals surface area contributed by atoms with E-state index in [0.29, 0.717) is 0 Å². The molecule has 0 aliphatic carbocycles. The van der Waals surface area contributed by atoms with Gasteiger partial charge in [0.2, 0.25) is 0 Å². The second kappa shape index (κ2) is 3.03. The number of rotatable bonds is 0. The van der Waals surface area contributed by atoms with Crippen molar-refractivity contribution in [3.05, 3.63) is 35.0 Å². The van der Waals surface area contributed by atoms with Crippen LogP contribution < -0.4 is 0 Å². The molecule has 0 aliphatic heterocycles. The molecule has 0 unspecified atom stereocenters. The predicted molar refractivity (Wildman–Crippen MR) is 62.0 cm³/mol. The number of fused-ring (bicyclic) bond motifs is 1. The highest BCUT2D eigenvalue weighted by Crippen LogP contribution is 2.34. The fourth-order valence-corrected chi connectivity index (χ4v) is 2.19. The van der Waals surface area contributed by atoms with Crippen molar-refractivity contribution in [3.63, 3.8) is 0 Å². The van der Waals surface area contributed by atoms with Crippen LogP contribution in [0.25, 0.3) is 10.9 Å². The molecule has 1 heterocycles. The van der Waals surface area contributed by atoms with Gasteiger partial charge in [0.05, 0.1) is 5.02 Å². The molecule has 74 valence electrons. The minimum atomic E-state index is 0.0997. The molecule has 0 aliphatic rings. The van der Waals surface area contributed by atoms with Crippen molar-refractivity contribution in [2.75, 3.05) is 0 Å². The quantitative estimate of drug-likeness (QED) is 0.669. The maximum absolute atomic E-state index is 6.35. The number of hydrogen-bond acceptors (Lipinski definition) is 0. The summed E-state index contributed by atoms with van der Waals surface area (Å²) in [6, 6.07) is 6.20. The lowest BCUT2D eigenvalue weighted by molar-refractivity contribution is 0.591. The smallest absolute Gasteiger partial charge is 0.0537 e. The number of H-pyrrole nitrogens is 1. The molecule has 0 radical (unpaired) electrons. The summed E-state index contributed by atoms with van der Waals surface area (Å²) in [4.78, 5) is 3.15. The Bertz CT molecular complexity index is 463. The van der Waals surface area contributed by atoms with Gasteiger partial charge in [-0.15, -0.1) is 0 Å². The van der Waals surface area contributed by atoms with Crippen molar-refractivity contribution in [1.82, 2.24) is 4.98 Å². The standard InChI is InChI=1S/C12H14ClN/c1-12(2,3)9-4-5-10-8(11(9)13)6-7-14-10/h4-7,14H,1-3H3. The van der Waals surface area contributed by atoms with E-state index in [-0.39, 0.29) is 5.41 Å². The lowest BCUT2D eigenvalue weighted by Crippen LogP contribution is -2.11. The zero-order valence-corrected chi connectivity index (χ0v) is 9.44. The number of halogens is 1. The van der Waals surface area contributed by atoms with Crippen LogP contribution in [0.2, 0.25) is 5.02 Å². The van der Waals surface area contributed by atoms with Crippen LogP contribution in [0.4, 0.5) is 0 Å². The summed E-state index contributed by atoms with van der Waals surface area (Å²) in [5, 5.41) is 1.98. The van der Waals surface area contributed by atoms with E-state index in [4.69, 9.17) is 11.6 Å². The first kappa shape index (κ1) is 9.60. The Morgan fingerprint density at radius 3 is 2.50 bits per heavy atom. The minimum Gasteiger partial charge on any atom is -0.361 e. The fourth-order valence-electron chi connectivity index (χ4n) is 1.68. The molecule has 1 aromatic carbocycles. The first-order valence-corrected chi connectivity index (χ1v) is 5.14. The van der Waals surface area contributed by atoms with E-state index >= 15 is 0 Å². The number of benzene rings is 1. The average Bonchev–Trinajstić information content (AvgIpc) is 2.50. The Morgan fingerprint density at radius 1 is 1.14 bits per heavy atom. The first-order valence-electron chi connectivity index (χ1n) is 4.76. The topological polar surface area (TPSA) is 15.8 Å². The first-order chi connectivity index (χ1) is 6.50. The Labute approximate surface area is 89.1 Å². The SMILES string of the molecule is CC(C)(C)c1ccc2[nH]ccc2c1Cl. The molecule has 0 bridgehead atoms. The molecule has 2 aromatic rings. The molecule has 0 saturated heterocycles. The molecule has 1 N–H and O–H groups in total. The Morgan fingerprint density at radius 2 is 1.86 bits per heavy atom. The fraction of sp³-hybridized carbons (Fsp3) is 0.333. The van der Waals surface area contributed by atoms with Crippen molar-refractivity contribution in [1.29, 1.82) is 0 Å². The van der Waals surface area contributed by atoms with E-state index < -0.39 is 0 Å². The summed E-state index contributed by atoms with van der Waals surface area (Å²) in [5.41, 5.74) is 2.40. The highest BCUT2D eigenvalue weighted by atomic mass is 35.5. The van der Waals surface area contributed by atoms with Gasteiger partial charge in [-0.25, -0.2) is 0 Å². The summed E-state index contributed by atoms with van der Waals surface area (Å²) >= 11 is 6.35. The number of aromatic nitrogens is 1. The molecule has 0 saturated carbocycles. The summed E-state index contributed by atoms with van der Waals surface area (Å²) in [6.45, 7) is 6.52. The van der Waals surface area contributed by atoms with Gasteiger partial charge in [-0.1, -0.05) is 38.4 Å². The van der Waals surface area contributed by atoms with Gasteiger partial charge >= 0.3 is 0 Å². The van der Waals surface area contributed by atoms with Crippen LogP contribution in [0.5, 0.6) is 0 Å². The van der Waals surface area contributed by atoms with Crippen LogP contribution in [0.15, 0.2) is 24.4 Å². The highest BCUT2D eigenvalue weighted by molar-refractivity contribution is 6.36. The van der Waals surface area contributed by atoms with Crippen LogP contribution in [0.1, 0.15) is 26.3 Å². The summed E-state index contributed by atoms with van der Waals surface area (Å²) in [5.74, 6) is 0. The van der Waals surface area contributed by atoms with Crippen LogP contribution in [0, 0.1) is 0 Å². The Balaban J connectivity index is 2.74. The van der Waals surface area contributed by atoms with E-state index in [1.54, 1.807) is 0 Å². The van der Waals surface area contributed by atoms with Gasteiger partial charge < -0.3 is 4.98 Å². The molecule has 0 atom stereocenters. The highest BCUT2D eigenvalue weighted by Gasteiger charge is 2.18. The van der Waals surface area contributed by atoms with Crippen LogP contribution in [-0.2, 0) is 5.41 Å². The predicted octanol–water partition coefficient (Wildman–Crippen LogP) is 4.12. The van der Waals surface area contributed by atoms with Crippen LogP contribution in [-0.4, -0.2) is 4.98 Å². The summed E-state index contributed by atoms with van der Waals surface area (Å²) < 4.78 is 0. The second-order valence-corrected chi connectivity index (χ2v) is 4.99. The van der Waals surface area contributed by atoms with Crippen molar-refractivity contribution in [3.8, 4) is 0 Å². The molecular weight excluding hydrogens is 194 g/mol. The van der Waals surface area contributed by atoms with E-state index in [2.05, 4.69) is 37.9 Å². The van der Waals surface area contributed by atoms with Gasteiger partial charge in [0.15, 0.2) is 0 Å². The normalized spacial score (nSPS) is 12.3. The summed E-state index contributed by atoms with van der Waals surface area (Å²) in [6.07, 6.45) is 1.92. The molecule has 1 nitrogen and oxygen atoms in total. The number of nitrogens with one attached hydrogen (secondary N) is 1. The number of hydrogen-bond donors (Lipinski definition) is 1. The maximum atomic E-state index is 6.35. The largest absolute Gasteiger partial charge is 0.361 e.